The molecule has 128 valence electrons. The number of nitrogens with one attached hydrogen (secondary N) is 1. The first-order chi connectivity index (χ1) is 11.7. The van der Waals surface area contributed by atoms with E-state index in [0.29, 0.717) is 37.7 Å². The molecule has 0 aliphatic rings. The van der Waals surface area contributed by atoms with Gasteiger partial charge in [0.1, 0.15) is 6.61 Å². The van der Waals surface area contributed by atoms with E-state index in [1.54, 1.807) is 14.0 Å². The molecule has 0 atom stereocenters. The Hall–Kier alpha value is -2.69. The minimum absolute atomic E-state index is 0.368. The summed E-state index contributed by atoms with van der Waals surface area (Å²) in [5, 5.41) is 2.70. The van der Waals surface area contributed by atoms with Gasteiger partial charge in [0.05, 0.1) is 13.7 Å². The van der Waals surface area contributed by atoms with E-state index < -0.39 is 6.09 Å². The van der Waals surface area contributed by atoms with Gasteiger partial charge < -0.3 is 19.5 Å². The molecule has 5 heteroatoms. The molecule has 24 heavy (non-hydrogen) atoms. The van der Waals surface area contributed by atoms with Crippen LogP contribution in [-0.4, -0.2) is 26.4 Å². The van der Waals surface area contributed by atoms with E-state index in [0.717, 1.165) is 11.1 Å². The number of hydrogen-bond donors (Lipinski definition) is 1. The topological polar surface area (TPSA) is 56.8 Å². The Bertz CT molecular complexity index is 643. The molecule has 0 fully saturated rings. The number of rotatable bonds is 8. The predicted molar refractivity (Wildman–Crippen MR) is 92.5 cm³/mol. The molecular weight excluding hydrogens is 306 g/mol. The number of benzene rings is 2. The molecule has 0 bridgehead atoms. The summed E-state index contributed by atoms with van der Waals surface area (Å²) in [6, 6.07) is 15.8. The van der Waals surface area contributed by atoms with Crippen LogP contribution in [0.1, 0.15) is 18.1 Å². The van der Waals surface area contributed by atoms with Crippen LogP contribution in [0, 0.1) is 0 Å². The van der Waals surface area contributed by atoms with E-state index in [2.05, 4.69) is 5.32 Å². The zero-order valence-corrected chi connectivity index (χ0v) is 14.1. The average Bonchev–Trinajstić information content (AvgIpc) is 2.61. The second-order valence-corrected chi connectivity index (χ2v) is 5.16. The summed E-state index contributed by atoms with van der Waals surface area (Å²) in [6.07, 6.45) is 0.293. The molecule has 2 aromatic carbocycles. The first-order valence-electron chi connectivity index (χ1n) is 7.97. The number of amides is 1. The number of carbonyl (C=O) groups excluding carboxylic acids is 1. The number of hydrogen-bond acceptors (Lipinski definition) is 4. The lowest BCUT2D eigenvalue weighted by Gasteiger charge is -2.12. The highest BCUT2D eigenvalue weighted by Crippen LogP contribution is 2.29. The Morgan fingerprint density at radius 1 is 1.04 bits per heavy atom. The molecule has 0 saturated carbocycles. The minimum Gasteiger partial charge on any atom is -0.493 e. The summed E-state index contributed by atoms with van der Waals surface area (Å²) in [6.45, 7) is 3.14. The fourth-order valence-corrected chi connectivity index (χ4v) is 2.21. The van der Waals surface area contributed by atoms with Crippen molar-refractivity contribution in [3.63, 3.8) is 0 Å². The van der Waals surface area contributed by atoms with Gasteiger partial charge in [-0.3, -0.25) is 0 Å². The van der Waals surface area contributed by atoms with E-state index in [1.807, 2.05) is 48.5 Å². The standard InChI is InChI=1S/C19H23NO4/c1-3-23-19(21)20-12-11-15-9-10-17(18(13-15)22-2)24-14-16-7-5-4-6-8-16/h4-10,13H,3,11-12,14H2,1-2H3,(H,20,21). The maximum atomic E-state index is 11.3. The highest BCUT2D eigenvalue weighted by atomic mass is 16.5. The van der Waals surface area contributed by atoms with Gasteiger partial charge in [-0.1, -0.05) is 36.4 Å². The van der Waals surface area contributed by atoms with Crippen molar-refractivity contribution in [1.29, 1.82) is 0 Å². The van der Waals surface area contributed by atoms with Gasteiger partial charge in [0, 0.05) is 6.54 Å². The lowest BCUT2D eigenvalue weighted by molar-refractivity contribution is 0.152. The van der Waals surface area contributed by atoms with Crippen LogP contribution in [0.5, 0.6) is 11.5 Å². The molecule has 0 radical (unpaired) electrons. The lowest BCUT2D eigenvalue weighted by Crippen LogP contribution is -2.26. The third kappa shape index (κ3) is 5.50. The monoisotopic (exact) mass is 329 g/mol. The highest BCUT2D eigenvalue weighted by Gasteiger charge is 2.07. The van der Waals surface area contributed by atoms with Crippen molar-refractivity contribution in [1.82, 2.24) is 5.32 Å². The zero-order valence-electron chi connectivity index (χ0n) is 14.1. The fraction of sp³-hybridized carbons (Fsp3) is 0.316. The van der Waals surface area contributed by atoms with E-state index in [-0.39, 0.29) is 0 Å². The van der Waals surface area contributed by atoms with Gasteiger partial charge in [0.15, 0.2) is 11.5 Å². The Labute approximate surface area is 142 Å². The van der Waals surface area contributed by atoms with E-state index in [1.165, 1.54) is 0 Å². The normalized spacial score (nSPS) is 10.1. The summed E-state index contributed by atoms with van der Waals surface area (Å²) in [4.78, 5) is 11.3. The third-order valence-electron chi connectivity index (χ3n) is 3.42. The van der Waals surface area contributed by atoms with Crippen molar-refractivity contribution in [2.45, 2.75) is 20.0 Å². The van der Waals surface area contributed by atoms with Gasteiger partial charge in [-0.05, 0) is 36.6 Å². The van der Waals surface area contributed by atoms with E-state index >= 15 is 0 Å². The largest absolute Gasteiger partial charge is 0.493 e. The molecule has 0 saturated heterocycles. The van der Waals surface area contributed by atoms with Gasteiger partial charge in [0.2, 0.25) is 0 Å². The van der Waals surface area contributed by atoms with Crippen molar-refractivity contribution in [2.75, 3.05) is 20.3 Å². The number of ether oxygens (including phenoxy) is 3. The fourth-order valence-electron chi connectivity index (χ4n) is 2.21. The molecule has 1 amide bonds. The van der Waals surface area contributed by atoms with Gasteiger partial charge in [-0.25, -0.2) is 4.79 Å². The second-order valence-electron chi connectivity index (χ2n) is 5.16. The summed E-state index contributed by atoms with van der Waals surface area (Å²) < 4.78 is 16.1. The molecule has 1 N–H and O–H groups in total. The molecule has 0 spiro atoms. The highest BCUT2D eigenvalue weighted by molar-refractivity contribution is 5.67. The van der Waals surface area contributed by atoms with Gasteiger partial charge >= 0.3 is 6.09 Å². The average molecular weight is 329 g/mol. The molecule has 0 aromatic heterocycles. The Balaban J connectivity index is 1.91. The van der Waals surface area contributed by atoms with Gasteiger partial charge in [0.25, 0.3) is 0 Å². The molecule has 2 aromatic rings. The number of alkyl carbamates (subject to hydrolysis) is 1. The molecule has 2 rings (SSSR count). The van der Waals surface area contributed by atoms with Gasteiger partial charge in [-0.2, -0.15) is 0 Å². The summed E-state index contributed by atoms with van der Waals surface area (Å²) in [5.41, 5.74) is 2.15. The van der Waals surface area contributed by atoms with Crippen LogP contribution < -0.4 is 14.8 Å². The van der Waals surface area contributed by atoms with Crippen LogP contribution >= 0.6 is 0 Å². The van der Waals surface area contributed by atoms with Crippen LogP contribution in [-0.2, 0) is 17.8 Å². The SMILES string of the molecule is CCOC(=O)NCCc1ccc(OCc2ccccc2)c(OC)c1. The second kappa shape index (κ2) is 9.45. The first-order valence-corrected chi connectivity index (χ1v) is 7.97. The molecule has 0 aliphatic heterocycles. The van der Waals surface area contributed by atoms with Crippen LogP contribution in [0.2, 0.25) is 0 Å². The van der Waals surface area contributed by atoms with Crippen LogP contribution in [0.4, 0.5) is 4.79 Å². The first kappa shape index (κ1) is 17.7. The quantitative estimate of drug-likeness (QED) is 0.804. The Morgan fingerprint density at radius 3 is 2.54 bits per heavy atom. The molecule has 0 unspecified atom stereocenters. The van der Waals surface area contributed by atoms with Crippen LogP contribution in [0.15, 0.2) is 48.5 Å². The zero-order chi connectivity index (χ0) is 17.2. The predicted octanol–water partition coefficient (Wildman–Crippen LogP) is 3.56. The van der Waals surface area contributed by atoms with Crippen molar-refractivity contribution < 1.29 is 19.0 Å². The maximum Gasteiger partial charge on any atom is 0.407 e. The summed E-state index contributed by atoms with van der Waals surface area (Å²) in [5.74, 6) is 1.38. The molecule has 0 aliphatic carbocycles. The lowest BCUT2D eigenvalue weighted by atomic mass is 10.1. The van der Waals surface area contributed by atoms with E-state index in [9.17, 15) is 4.79 Å². The summed E-state index contributed by atoms with van der Waals surface area (Å²) in [7, 11) is 1.62. The molecular formula is C19H23NO4. The van der Waals surface area contributed by atoms with Crippen molar-refractivity contribution in [3.8, 4) is 11.5 Å². The molecule has 5 nitrogen and oxygen atoms in total. The Morgan fingerprint density at radius 2 is 1.83 bits per heavy atom. The number of methoxy groups -OCH3 is 1. The third-order valence-corrected chi connectivity index (χ3v) is 3.42. The van der Waals surface area contributed by atoms with E-state index in [4.69, 9.17) is 14.2 Å². The summed E-state index contributed by atoms with van der Waals surface area (Å²) >= 11 is 0. The number of carbonyl (C=O) groups is 1. The van der Waals surface area contributed by atoms with Crippen molar-refractivity contribution >= 4 is 6.09 Å². The van der Waals surface area contributed by atoms with Crippen LogP contribution in [0.25, 0.3) is 0 Å². The van der Waals surface area contributed by atoms with Gasteiger partial charge in [-0.15, -0.1) is 0 Å². The maximum absolute atomic E-state index is 11.3. The van der Waals surface area contributed by atoms with Crippen LogP contribution in [0.3, 0.4) is 0 Å². The Kier molecular flexibility index (Phi) is 6.95. The molecule has 0 heterocycles. The smallest absolute Gasteiger partial charge is 0.407 e. The van der Waals surface area contributed by atoms with Crippen molar-refractivity contribution in [3.05, 3.63) is 59.7 Å². The minimum atomic E-state index is -0.396. The van der Waals surface area contributed by atoms with Crippen molar-refractivity contribution in [2.24, 2.45) is 0 Å².